The second kappa shape index (κ2) is 5.15. The summed E-state index contributed by atoms with van der Waals surface area (Å²) in [5, 5.41) is 3.14. The van der Waals surface area contributed by atoms with Crippen molar-refractivity contribution in [3.8, 4) is 0 Å². The monoisotopic (exact) mass is 145 g/mol. The molecule has 0 aromatic heterocycles. The van der Waals surface area contributed by atoms with E-state index in [0.717, 1.165) is 6.54 Å². The molecule has 1 N–H and O–H groups in total. The van der Waals surface area contributed by atoms with Crippen molar-refractivity contribution in [1.29, 1.82) is 0 Å². The molecule has 2 atom stereocenters. The van der Waals surface area contributed by atoms with E-state index in [9.17, 15) is 0 Å². The Hall–Kier alpha value is 0.335. The maximum absolute atomic E-state index is 4.93. The number of nitrogens with one attached hydrogen (secondary N) is 1. The molecule has 2 unspecified atom stereocenters. The molecule has 0 saturated carbocycles. The van der Waals surface area contributed by atoms with Crippen LogP contribution in [-0.2, 0) is 4.65 Å². The lowest BCUT2D eigenvalue weighted by atomic mass is 10.2. The molecule has 2 nitrogen and oxygen atoms in total. The molecule has 0 fully saturated rings. The average molecular weight is 145 g/mol. The Morgan fingerprint density at radius 1 is 1.78 bits per heavy atom. The molecule has 9 heavy (non-hydrogen) atoms. The SMILES string of the molecule is [B]OC(C)C(S)CNC. The lowest BCUT2D eigenvalue weighted by Crippen LogP contribution is -2.30. The zero-order chi connectivity index (χ0) is 7.28. The van der Waals surface area contributed by atoms with E-state index >= 15 is 0 Å². The molecule has 0 saturated heterocycles. The summed E-state index contributed by atoms with van der Waals surface area (Å²) in [6.45, 7) is 2.69. The van der Waals surface area contributed by atoms with Crippen molar-refractivity contribution < 1.29 is 4.65 Å². The molecule has 0 aliphatic carbocycles. The number of hydrogen-bond acceptors (Lipinski definition) is 3. The van der Waals surface area contributed by atoms with Gasteiger partial charge in [0.15, 0.2) is 0 Å². The highest BCUT2D eigenvalue weighted by atomic mass is 32.1. The summed E-state index contributed by atoms with van der Waals surface area (Å²) < 4.78 is 4.55. The predicted molar refractivity (Wildman–Crippen MR) is 43.0 cm³/mol. The van der Waals surface area contributed by atoms with Gasteiger partial charge in [0.25, 0.3) is 8.05 Å². The van der Waals surface area contributed by atoms with Gasteiger partial charge >= 0.3 is 0 Å². The second-order valence-electron chi connectivity index (χ2n) is 1.97. The summed E-state index contributed by atoms with van der Waals surface area (Å²) in [7, 11) is 6.79. The summed E-state index contributed by atoms with van der Waals surface area (Å²) >= 11 is 4.22. The summed E-state index contributed by atoms with van der Waals surface area (Å²) in [4.78, 5) is 0. The van der Waals surface area contributed by atoms with Crippen LogP contribution in [0.5, 0.6) is 0 Å². The summed E-state index contributed by atoms with van der Waals surface area (Å²) in [5.41, 5.74) is 0. The van der Waals surface area contributed by atoms with E-state index in [2.05, 4.69) is 22.6 Å². The molecule has 0 rings (SSSR count). The molecule has 2 radical (unpaired) electrons. The highest BCUT2D eigenvalue weighted by Gasteiger charge is 2.08. The highest BCUT2D eigenvalue weighted by Crippen LogP contribution is 2.02. The zero-order valence-corrected chi connectivity index (χ0v) is 6.69. The smallest absolute Gasteiger partial charge is 0.283 e. The van der Waals surface area contributed by atoms with Crippen molar-refractivity contribution in [3.63, 3.8) is 0 Å². The van der Waals surface area contributed by atoms with Crippen LogP contribution in [0.3, 0.4) is 0 Å². The minimum atomic E-state index is 0.000725. The molecule has 0 amide bonds. The largest absolute Gasteiger partial charge is 0.444 e. The van der Waals surface area contributed by atoms with Gasteiger partial charge in [0, 0.05) is 17.9 Å². The van der Waals surface area contributed by atoms with Gasteiger partial charge in [-0.15, -0.1) is 0 Å². The van der Waals surface area contributed by atoms with Crippen molar-refractivity contribution in [2.75, 3.05) is 13.6 Å². The molecular weight excluding hydrogens is 133 g/mol. The molecule has 0 aliphatic heterocycles. The van der Waals surface area contributed by atoms with E-state index in [1.54, 1.807) is 0 Å². The van der Waals surface area contributed by atoms with Gasteiger partial charge < -0.3 is 9.97 Å². The number of rotatable bonds is 4. The lowest BCUT2D eigenvalue weighted by molar-refractivity contribution is 0.239. The minimum absolute atomic E-state index is 0.000725. The van der Waals surface area contributed by atoms with Gasteiger partial charge in [-0.1, -0.05) is 0 Å². The summed E-state index contributed by atoms with van der Waals surface area (Å²) in [6.07, 6.45) is 0.000725. The molecule has 0 aromatic rings. The zero-order valence-electron chi connectivity index (χ0n) is 5.79. The first kappa shape index (κ1) is 9.33. The van der Waals surface area contributed by atoms with Crippen LogP contribution in [-0.4, -0.2) is 33.0 Å². The Morgan fingerprint density at radius 3 is 2.67 bits per heavy atom. The van der Waals surface area contributed by atoms with E-state index in [1.807, 2.05) is 14.0 Å². The van der Waals surface area contributed by atoms with Crippen molar-refractivity contribution >= 4 is 20.7 Å². The first-order chi connectivity index (χ1) is 4.22. The van der Waals surface area contributed by atoms with Crippen LogP contribution in [0.15, 0.2) is 0 Å². The third kappa shape index (κ3) is 3.84. The molecule has 0 aliphatic rings. The van der Waals surface area contributed by atoms with Crippen molar-refractivity contribution in [2.24, 2.45) is 0 Å². The predicted octanol–water partition coefficient (Wildman–Crippen LogP) is -0.00720. The van der Waals surface area contributed by atoms with Gasteiger partial charge in [-0.05, 0) is 14.0 Å². The Kier molecular flexibility index (Phi) is 5.34. The number of thiol groups is 1. The lowest BCUT2D eigenvalue weighted by Gasteiger charge is -2.17. The van der Waals surface area contributed by atoms with Crippen LogP contribution in [0.1, 0.15) is 6.92 Å². The van der Waals surface area contributed by atoms with Crippen LogP contribution in [0.2, 0.25) is 0 Å². The Labute approximate surface area is 63.2 Å². The van der Waals surface area contributed by atoms with E-state index in [4.69, 9.17) is 8.05 Å². The molecule has 0 aromatic carbocycles. The van der Waals surface area contributed by atoms with E-state index < -0.39 is 0 Å². The average Bonchev–Trinajstić information content (AvgIpc) is 1.87. The van der Waals surface area contributed by atoms with E-state index in [0.29, 0.717) is 0 Å². The van der Waals surface area contributed by atoms with Gasteiger partial charge in [-0.25, -0.2) is 0 Å². The van der Waals surface area contributed by atoms with Crippen molar-refractivity contribution in [3.05, 3.63) is 0 Å². The Bertz CT molecular complexity index is 74.0. The maximum atomic E-state index is 4.93. The van der Waals surface area contributed by atoms with Gasteiger partial charge in [0.2, 0.25) is 0 Å². The highest BCUT2D eigenvalue weighted by molar-refractivity contribution is 7.81. The van der Waals surface area contributed by atoms with Gasteiger partial charge in [-0.3, -0.25) is 0 Å². The van der Waals surface area contributed by atoms with Crippen LogP contribution in [0.25, 0.3) is 0 Å². The topological polar surface area (TPSA) is 21.3 Å². The second-order valence-corrected chi connectivity index (χ2v) is 2.63. The van der Waals surface area contributed by atoms with Crippen molar-refractivity contribution in [2.45, 2.75) is 18.3 Å². The maximum Gasteiger partial charge on any atom is 0.283 e. The summed E-state index contributed by atoms with van der Waals surface area (Å²) in [5.74, 6) is 0. The fourth-order valence-corrected chi connectivity index (χ4v) is 0.719. The molecule has 0 bridgehead atoms. The first-order valence-electron chi connectivity index (χ1n) is 2.90. The molecule has 0 heterocycles. The van der Waals surface area contributed by atoms with Crippen molar-refractivity contribution in [1.82, 2.24) is 5.32 Å². The minimum Gasteiger partial charge on any atom is -0.444 e. The van der Waals surface area contributed by atoms with Gasteiger partial charge in [0.1, 0.15) is 0 Å². The Balaban J connectivity index is 3.32. The van der Waals surface area contributed by atoms with Gasteiger partial charge in [-0.2, -0.15) is 12.6 Å². The van der Waals surface area contributed by atoms with Gasteiger partial charge in [0.05, 0.1) is 0 Å². The van der Waals surface area contributed by atoms with Crippen LogP contribution in [0, 0.1) is 0 Å². The Morgan fingerprint density at radius 2 is 2.33 bits per heavy atom. The van der Waals surface area contributed by atoms with Crippen LogP contribution in [0.4, 0.5) is 0 Å². The van der Waals surface area contributed by atoms with E-state index in [1.165, 1.54) is 0 Å². The molecule has 52 valence electrons. The number of hydrogen-bond donors (Lipinski definition) is 2. The standard InChI is InChI=1S/C5H12BNOS/c1-4(8-6)5(9)3-7-2/h4-5,7,9H,3H2,1-2H3. The fraction of sp³-hybridized carbons (Fsp3) is 1.00. The fourth-order valence-electron chi connectivity index (χ4n) is 0.466. The third-order valence-corrected chi connectivity index (χ3v) is 1.77. The van der Waals surface area contributed by atoms with E-state index in [-0.39, 0.29) is 11.4 Å². The van der Waals surface area contributed by atoms with Crippen LogP contribution < -0.4 is 5.32 Å². The third-order valence-electron chi connectivity index (χ3n) is 1.17. The molecular formula is C5H12BNOS. The normalized spacial score (nSPS) is 17.2. The van der Waals surface area contributed by atoms with Crippen LogP contribution >= 0.6 is 12.6 Å². The quantitative estimate of drug-likeness (QED) is 0.429. The molecule has 4 heteroatoms. The first-order valence-corrected chi connectivity index (χ1v) is 3.42. The molecule has 0 spiro atoms. The summed E-state index contributed by atoms with van der Waals surface area (Å²) in [6, 6.07) is 0.